The number of hydrogen-bond donors (Lipinski definition) is 1. The Morgan fingerprint density at radius 2 is 1.95 bits per heavy atom. The summed E-state index contributed by atoms with van der Waals surface area (Å²) in [6.07, 6.45) is 2.11. The van der Waals surface area contributed by atoms with Gasteiger partial charge < -0.3 is 10.1 Å². The second-order valence-corrected chi connectivity index (χ2v) is 5.68. The van der Waals surface area contributed by atoms with E-state index in [2.05, 4.69) is 36.5 Å². The Morgan fingerprint density at radius 3 is 2.53 bits per heavy atom. The van der Waals surface area contributed by atoms with Crippen LogP contribution in [0.15, 0.2) is 30.3 Å². The van der Waals surface area contributed by atoms with Crippen molar-refractivity contribution in [2.24, 2.45) is 5.41 Å². The second kappa shape index (κ2) is 7.29. The van der Waals surface area contributed by atoms with Crippen molar-refractivity contribution < 1.29 is 9.53 Å². The van der Waals surface area contributed by atoms with Gasteiger partial charge >= 0.3 is 5.97 Å². The summed E-state index contributed by atoms with van der Waals surface area (Å²) in [6.45, 7) is 6.58. The molecule has 1 aromatic rings. The molecule has 0 amide bonds. The normalized spacial score (nSPS) is 13.1. The van der Waals surface area contributed by atoms with Gasteiger partial charge in [-0.05, 0) is 39.2 Å². The maximum absolute atomic E-state index is 11.6. The molecule has 0 aliphatic carbocycles. The first kappa shape index (κ1) is 15.7. The van der Waals surface area contributed by atoms with E-state index in [9.17, 15) is 4.79 Å². The molecular weight excluding hydrogens is 238 g/mol. The van der Waals surface area contributed by atoms with Crippen LogP contribution in [-0.2, 0) is 16.0 Å². The van der Waals surface area contributed by atoms with Crippen LogP contribution >= 0.6 is 0 Å². The van der Waals surface area contributed by atoms with Crippen LogP contribution in [0.2, 0.25) is 0 Å². The zero-order valence-electron chi connectivity index (χ0n) is 12.4. The Balaban J connectivity index is 2.32. The topological polar surface area (TPSA) is 38.3 Å². The molecule has 1 atom stereocenters. The molecule has 0 saturated heterocycles. The first-order valence-corrected chi connectivity index (χ1v) is 6.81. The number of nitrogens with one attached hydrogen (secondary N) is 1. The van der Waals surface area contributed by atoms with E-state index >= 15 is 0 Å². The summed E-state index contributed by atoms with van der Waals surface area (Å²) in [5, 5.41) is 3.41. The zero-order valence-corrected chi connectivity index (χ0v) is 12.4. The molecule has 0 bridgehead atoms. The summed E-state index contributed by atoms with van der Waals surface area (Å²) < 4.78 is 4.80. The number of methoxy groups -OCH3 is 1. The quantitative estimate of drug-likeness (QED) is 0.769. The van der Waals surface area contributed by atoms with Crippen LogP contribution in [-0.4, -0.2) is 25.7 Å². The van der Waals surface area contributed by atoms with Crippen molar-refractivity contribution in [3.05, 3.63) is 35.9 Å². The minimum Gasteiger partial charge on any atom is -0.469 e. The van der Waals surface area contributed by atoms with Gasteiger partial charge in [0, 0.05) is 12.6 Å². The van der Waals surface area contributed by atoms with E-state index in [1.807, 2.05) is 19.9 Å². The van der Waals surface area contributed by atoms with Gasteiger partial charge in [0.2, 0.25) is 0 Å². The first-order chi connectivity index (χ1) is 8.95. The molecule has 1 aromatic carbocycles. The van der Waals surface area contributed by atoms with Gasteiger partial charge in [-0.2, -0.15) is 0 Å². The molecule has 1 N–H and O–H groups in total. The molecule has 0 aliphatic rings. The third-order valence-electron chi connectivity index (χ3n) is 3.34. The van der Waals surface area contributed by atoms with Gasteiger partial charge in [0.15, 0.2) is 0 Å². The fraction of sp³-hybridized carbons (Fsp3) is 0.562. The summed E-state index contributed by atoms with van der Waals surface area (Å²) in [6, 6.07) is 10.8. The van der Waals surface area contributed by atoms with Gasteiger partial charge in [0.1, 0.15) is 0 Å². The highest BCUT2D eigenvalue weighted by molar-refractivity contribution is 5.76. The number of benzene rings is 1. The van der Waals surface area contributed by atoms with Gasteiger partial charge in [0.05, 0.1) is 12.5 Å². The maximum Gasteiger partial charge on any atom is 0.312 e. The van der Waals surface area contributed by atoms with Crippen molar-refractivity contribution >= 4 is 5.97 Å². The molecule has 0 spiro atoms. The lowest BCUT2D eigenvalue weighted by Crippen LogP contribution is -2.40. The van der Waals surface area contributed by atoms with Crippen LogP contribution < -0.4 is 5.32 Å². The highest BCUT2D eigenvalue weighted by atomic mass is 16.5. The largest absolute Gasteiger partial charge is 0.469 e. The molecule has 0 saturated carbocycles. The number of rotatable bonds is 7. The smallest absolute Gasteiger partial charge is 0.312 e. The van der Waals surface area contributed by atoms with Crippen LogP contribution in [0.5, 0.6) is 0 Å². The van der Waals surface area contributed by atoms with Crippen molar-refractivity contribution in [3.8, 4) is 0 Å². The summed E-state index contributed by atoms with van der Waals surface area (Å²) in [7, 11) is 1.43. The van der Waals surface area contributed by atoms with Crippen LogP contribution in [0.3, 0.4) is 0 Å². The molecule has 0 radical (unpaired) electrons. The highest BCUT2D eigenvalue weighted by Crippen LogP contribution is 2.16. The molecule has 0 fully saturated rings. The van der Waals surface area contributed by atoms with E-state index in [4.69, 9.17) is 4.74 Å². The first-order valence-electron chi connectivity index (χ1n) is 6.81. The molecule has 0 aliphatic heterocycles. The van der Waals surface area contributed by atoms with E-state index in [1.165, 1.54) is 12.7 Å². The van der Waals surface area contributed by atoms with Crippen molar-refractivity contribution in [2.45, 2.75) is 39.7 Å². The Hall–Kier alpha value is -1.35. The fourth-order valence-corrected chi connectivity index (χ4v) is 1.91. The third-order valence-corrected chi connectivity index (χ3v) is 3.34. The van der Waals surface area contributed by atoms with Crippen LogP contribution in [0.1, 0.15) is 32.8 Å². The van der Waals surface area contributed by atoms with E-state index in [0.717, 1.165) is 12.8 Å². The minimum absolute atomic E-state index is 0.171. The van der Waals surface area contributed by atoms with Crippen molar-refractivity contribution in [1.29, 1.82) is 0 Å². The lowest BCUT2D eigenvalue weighted by molar-refractivity contribution is -0.150. The predicted octanol–water partition coefficient (Wildman–Crippen LogP) is 2.80. The highest BCUT2D eigenvalue weighted by Gasteiger charge is 2.28. The lowest BCUT2D eigenvalue weighted by Gasteiger charge is -2.24. The van der Waals surface area contributed by atoms with Gasteiger partial charge in [-0.25, -0.2) is 0 Å². The van der Waals surface area contributed by atoms with Crippen molar-refractivity contribution in [1.82, 2.24) is 5.32 Å². The summed E-state index contributed by atoms with van der Waals surface area (Å²) >= 11 is 0. The van der Waals surface area contributed by atoms with Gasteiger partial charge in [-0.15, -0.1) is 0 Å². The van der Waals surface area contributed by atoms with Gasteiger partial charge in [-0.1, -0.05) is 30.3 Å². The molecule has 3 nitrogen and oxygen atoms in total. The number of carbonyl (C=O) groups excluding carboxylic acids is 1. The van der Waals surface area contributed by atoms with Crippen molar-refractivity contribution in [2.75, 3.05) is 13.7 Å². The Morgan fingerprint density at radius 1 is 1.32 bits per heavy atom. The third kappa shape index (κ3) is 5.43. The molecule has 3 heteroatoms. The molecule has 0 heterocycles. The number of carbonyl (C=O) groups is 1. The molecule has 1 unspecified atom stereocenters. The van der Waals surface area contributed by atoms with Crippen molar-refractivity contribution in [3.63, 3.8) is 0 Å². The van der Waals surface area contributed by atoms with Crippen LogP contribution in [0.25, 0.3) is 0 Å². The van der Waals surface area contributed by atoms with Gasteiger partial charge in [0.25, 0.3) is 0 Å². The maximum atomic E-state index is 11.6. The second-order valence-electron chi connectivity index (χ2n) is 5.68. The van der Waals surface area contributed by atoms with Crippen LogP contribution in [0, 0.1) is 5.41 Å². The Bertz CT molecular complexity index is 387. The number of ether oxygens (including phenoxy) is 1. The summed E-state index contributed by atoms with van der Waals surface area (Å²) in [5.74, 6) is -0.171. The SMILES string of the molecule is COC(=O)C(C)(C)CNC(C)CCc1ccccc1. The fourth-order valence-electron chi connectivity index (χ4n) is 1.91. The standard InChI is InChI=1S/C16H25NO2/c1-13(10-11-14-8-6-5-7-9-14)17-12-16(2,3)15(18)19-4/h5-9,13,17H,10-12H2,1-4H3. The van der Waals surface area contributed by atoms with Gasteiger partial charge in [-0.3, -0.25) is 4.79 Å². The number of hydrogen-bond acceptors (Lipinski definition) is 3. The molecule has 0 aromatic heterocycles. The Kier molecular flexibility index (Phi) is 6.03. The molecule has 1 rings (SSSR count). The zero-order chi connectivity index (χ0) is 14.3. The van der Waals surface area contributed by atoms with E-state index in [-0.39, 0.29) is 5.97 Å². The number of esters is 1. The summed E-state index contributed by atoms with van der Waals surface area (Å²) in [4.78, 5) is 11.6. The molecule has 19 heavy (non-hydrogen) atoms. The average molecular weight is 263 g/mol. The minimum atomic E-state index is -0.476. The summed E-state index contributed by atoms with van der Waals surface area (Å²) in [5.41, 5.74) is 0.874. The molecule has 106 valence electrons. The average Bonchev–Trinajstić information content (AvgIpc) is 2.43. The van der Waals surface area contributed by atoms with E-state index in [1.54, 1.807) is 0 Å². The Labute approximate surface area is 116 Å². The van der Waals surface area contributed by atoms with Crippen LogP contribution in [0.4, 0.5) is 0 Å². The monoisotopic (exact) mass is 263 g/mol. The lowest BCUT2D eigenvalue weighted by atomic mass is 9.93. The van der Waals surface area contributed by atoms with E-state index < -0.39 is 5.41 Å². The molecular formula is C16H25NO2. The number of aryl methyl sites for hydroxylation is 1. The van der Waals surface area contributed by atoms with E-state index in [0.29, 0.717) is 12.6 Å². The predicted molar refractivity (Wildman–Crippen MR) is 78.0 cm³/mol.